The molecule has 2 rings (SSSR count). The summed E-state index contributed by atoms with van der Waals surface area (Å²) in [4.78, 5) is 42.9. The first-order valence-electron chi connectivity index (χ1n) is 14.4. The molecule has 244 valence electrons. The number of sulfone groups is 1. The SMILES string of the molecule is CCCCS(=O)(=O)CC(NC(=O)c1ccccn1)C(=O)N[C@@H](Cc1cc(F)cc(F)c1)[C@@H](O)[C@H](O)[C@@H](C)C(=O)NCC(C)C. The molecule has 0 bridgehead atoms. The number of aromatic nitrogens is 1. The van der Waals surface area contributed by atoms with Crippen molar-refractivity contribution in [3.8, 4) is 0 Å². The molecule has 1 unspecified atom stereocenters. The number of pyridine rings is 1. The zero-order chi connectivity index (χ0) is 33.0. The Kier molecular flexibility index (Phi) is 14.3. The minimum Gasteiger partial charge on any atom is -0.390 e. The average molecular weight is 641 g/mol. The van der Waals surface area contributed by atoms with Gasteiger partial charge in [0.15, 0.2) is 9.84 Å². The minimum atomic E-state index is -3.86. The van der Waals surface area contributed by atoms with E-state index in [2.05, 4.69) is 20.9 Å². The van der Waals surface area contributed by atoms with E-state index in [1.54, 1.807) is 13.0 Å². The summed E-state index contributed by atoms with van der Waals surface area (Å²) in [5.41, 5.74) is -0.0830. The van der Waals surface area contributed by atoms with Crippen LogP contribution in [0.3, 0.4) is 0 Å². The highest BCUT2D eigenvalue weighted by Gasteiger charge is 2.37. The lowest BCUT2D eigenvalue weighted by Crippen LogP contribution is -2.58. The molecule has 0 aliphatic heterocycles. The fourth-order valence-corrected chi connectivity index (χ4v) is 5.93. The smallest absolute Gasteiger partial charge is 0.270 e. The second-order valence-corrected chi connectivity index (χ2v) is 13.4. The molecule has 5 atom stereocenters. The highest BCUT2D eigenvalue weighted by atomic mass is 32.2. The summed E-state index contributed by atoms with van der Waals surface area (Å²) in [5, 5.41) is 29.5. The zero-order valence-corrected chi connectivity index (χ0v) is 26.1. The quantitative estimate of drug-likeness (QED) is 0.173. The van der Waals surface area contributed by atoms with Gasteiger partial charge < -0.3 is 26.2 Å². The molecule has 0 saturated carbocycles. The van der Waals surface area contributed by atoms with E-state index in [4.69, 9.17) is 0 Å². The van der Waals surface area contributed by atoms with Crippen molar-refractivity contribution in [1.29, 1.82) is 0 Å². The molecule has 2 aromatic rings. The van der Waals surface area contributed by atoms with Crippen molar-refractivity contribution in [1.82, 2.24) is 20.9 Å². The van der Waals surface area contributed by atoms with Crippen LogP contribution >= 0.6 is 0 Å². The minimum absolute atomic E-state index is 0.000556. The standard InChI is InChI=1S/C30H42F2N4O7S/c1-5-6-11-44(42,43)17-25(36-29(40)23-9-7-8-10-33-23)30(41)35-24(14-20-12-21(31)15-22(32)13-20)27(38)26(37)19(4)28(39)34-16-18(2)3/h7-10,12-13,15,18-19,24-27,37-38H,5-6,11,14,16-17H2,1-4H3,(H,34,39)(H,35,41)(H,36,40)/t19-,24+,25?,26-,27-/m1/s1. The Morgan fingerprint density at radius 3 is 2.18 bits per heavy atom. The molecule has 0 spiro atoms. The van der Waals surface area contributed by atoms with Gasteiger partial charge in [0.2, 0.25) is 11.8 Å². The lowest BCUT2D eigenvalue weighted by Gasteiger charge is -2.32. The summed E-state index contributed by atoms with van der Waals surface area (Å²) >= 11 is 0. The molecule has 11 nitrogen and oxygen atoms in total. The van der Waals surface area contributed by atoms with Crippen LogP contribution in [0.4, 0.5) is 8.78 Å². The number of hydrogen-bond acceptors (Lipinski definition) is 8. The third-order valence-electron chi connectivity index (χ3n) is 6.83. The van der Waals surface area contributed by atoms with Crippen LogP contribution in [-0.4, -0.2) is 83.7 Å². The van der Waals surface area contributed by atoms with Crippen LogP contribution in [0.15, 0.2) is 42.6 Å². The van der Waals surface area contributed by atoms with Crippen LogP contribution in [0.2, 0.25) is 0 Å². The lowest BCUT2D eigenvalue weighted by atomic mass is 9.90. The van der Waals surface area contributed by atoms with E-state index in [9.17, 15) is 41.8 Å². The molecule has 0 aliphatic carbocycles. The Hall–Kier alpha value is -3.49. The monoisotopic (exact) mass is 640 g/mol. The van der Waals surface area contributed by atoms with E-state index in [0.29, 0.717) is 25.5 Å². The maximum absolute atomic E-state index is 14.0. The Morgan fingerprint density at radius 2 is 1.61 bits per heavy atom. The number of halogens is 2. The molecule has 14 heteroatoms. The Labute approximate surface area is 256 Å². The fourth-order valence-electron chi connectivity index (χ4n) is 4.29. The number of amides is 3. The van der Waals surface area contributed by atoms with Gasteiger partial charge >= 0.3 is 0 Å². The van der Waals surface area contributed by atoms with Crippen molar-refractivity contribution in [2.75, 3.05) is 18.1 Å². The third kappa shape index (κ3) is 11.9. The van der Waals surface area contributed by atoms with Crippen LogP contribution < -0.4 is 16.0 Å². The van der Waals surface area contributed by atoms with E-state index in [0.717, 1.165) is 12.1 Å². The molecule has 1 aromatic carbocycles. The van der Waals surface area contributed by atoms with Gasteiger partial charge in [-0.3, -0.25) is 19.4 Å². The largest absolute Gasteiger partial charge is 0.390 e. The van der Waals surface area contributed by atoms with Gasteiger partial charge in [0.1, 0.15) is 29.5 Å². The van der Waals surface area contributed by atoms with Crippen molar-refractivity contribution >= 4 is 27.6 Å². The molecule has 1 heterocycles. The second-order valence-electron chi connectivity index (χ2n) is 11.2. The predicted molar refractivity (Wildman–Crippen MR) is 160 cm³/mol. The Balaban J connectivity index is 2.41. The van der Waals surface area contributed by atoms with Crippen LogP contribution in [-0.2, 0) is 25.8 Å². The first kappa shape index (κ1) is 36.7. The summed E-state index contributed by atoms with van der Waals surface area (Å²) in [5.74, 6) is -6.40. The van der Waals surface area contributed by atoms with Gasteiger partial charge in [-0.05, 0) is 48.6 Å². The number of unbranched alkanes of at least 4 members (excludes halogenated alkanes) is 1. The number of nitrogens with one attached hydrogen (secondary N) is 3. The van der Waals surface area contributed by atoms with Gasteiger partial charge in [-0.1, -0.05) is 40.2 Å². The van der Waals surface area contributed by atoms with Gasteiger partial charge in [-0.2, -0.15) is 0 Å². The van der Waals surface area contributed by atoms with E-state index >= 15 is 0 Å². The highest BCUT2D eigenvalue weighted by molar-refractivity contribution is 7.91. The maximum Gasteiger partial charge on any atom is 0.270 e. The lowest BCUT2D eigenvalue weighted by molar-refractivity contribution is -0.132. The van der Waals surface area contributed by atoms with Gasteiger partial charge in [0, 0.05) is 18.8 Å². The number of aliphatic hydroxyl groups is 2. The van der Waals surface area contributed by atoms with Crippen LogP contribution in [0.1, 0.15) is 56.6 Å². The topological polar surface area (TPSA) is 175 Å². The summed E-state index contributed by atoms with van der Waals surface area (Å²) < 4.78 is 53.6. The van der Waals surface area contributed by atoms with E-state index < -0.39 is 81.6 Å². The maximum atomic E-state index is 14.0. The van der Waals surface area contributed by atoms with Gasteiger partial charge in [-0.15, -0.1) is 0 Å². The molecule has 3 amide bonds. The highest BCUT2D eigenvalue weighted by Crippen LogP contribution is 2.17. The predicted octanol–water partition coefficient (Wildman–Crippen LogP) is 1.53. The number of aliphatic hydroxyl groups excluding tert-OH is 2. The third-order valence-corrected chi connectivity index (χ3v) is 8.58. The molecule has 5 N–H and O–H groups in total. The molecule has 0 saturated heterocycles. The molecule has 44 heavy (non-hydrogen) atoms. The van der Waals surface area contributed by atoms with Crippen LogP contribution in [0.25, 0.3) is 0 Å². The molecule has 1 aromatic heterocycles. The van der Waals surface area contributed by atoms with Crippen LogP contribution in [0, 0.1) is 23.5 Å². The normalized spacial score (nSPS) is 15.1. The van der Waals surface area contributed by atoms with Gasteiger partial charge in [-0.25, -0.2) is 17.2 Å². The van der Waals surface area contributed by atoms with Crippen molar-refractivity contribution < 1.29 is 41.8 Å². The molecular weight excluding hydrogens is 598 g/mol. The summed E-state index contributed by atoms with van der Waals surface area (Å²) in [6, 6.07) is 3.90. The zero-order valence-electron chi connectivity index (χ0n) is 25.3. The van der Waals surface area contributed by atoms with Crippen LogP contribution in [0.5, 0.6) is 0 Å². The van der Waals surface area contributed by atoms with Crippen molar-refractivity contribution in [3.63, 3.8) is 0 Å². The first-order valence-corrected chi connectivity index (χ1v) is 16.3. The summed E-state index contributed by atoms with van der Waals surface area (Å²) in [7, 11) is -3.86. The van der Waals surface area contributed by atoms with E-state index in [1.165, 1.54) is 25.3 Å². The van der Waals surface area contributed by atoms with Gasteiger partial charge in [0.05, 0.1) is 29.6 Å². The van der Waals surface area contributed by atoms with Crippen molar-refractivity contribution in [2.45, 2.75) is 71.2 Å². The number of carbonyl (C=O) groups is 3. The fraction of sp³-hybridized carbons (Fsp3) is 0.533. The summed E-state index contributed by atoms with van der Waals surface area (Å²) in [6.07, 6.45) is -1.79. The first-order chi connectivity index (χ1) is 20.6. The average Bonchev–Trinajstić information content (AvgIpc) is 2.96. The molecule has 0 radical (unpaired) electrons. The summed E-state index contributed by atoms with van der Waals surface area (Å²) in [6.45, 7) is 7.19. The van der Waals surface area contributed by atoms with E-state index in [1.807, 2.05) is 13.8 Å². The number of benzene rings is 1. The molecule has 0 aliphatic rings. The second kappa shape index (κ2) is 17.1. The van der Waals surface area contributed by atoms with Gasteiger partial charge in [0.25, 0.3) is 5.91 Å². The van der Waals surface area contributed by atoms with Crippen molar-refractivity contribution in [3.05, 3.63) is 65.5 Å². The molecule has 0 fully saturated rings. The van der Waals surface area contributed by atoms with E-state index in [-0.39, 0.29) is 22.9 Å². The molecular formula is C30H42F2N4O7S. The number of rotatable bonds is 17. The van der Waals surface area contributed by atoms with Crippen molar-refractivity contribution in [2.24, 2.45) is 11.8 Å². The number of nitrogens with zero attached hydrogens (tertiary/aromatic N) is 1. The Bertz CT molecular complexity index is 1340. The number of hydrogen-bond donors (Lipinski definition) is 5. The Morgan fingerprint density at radius 1 is 0.955 bits per heavy atom. The number of carbonyl (C=O) groups excluding carboxylic acids is 3.